The number of nitro benzene ring substituents is 1. The van der Waals surface area contributed by atoms with Crippen molar-refractivity contribution >= 4 is 17.3 Å². The van der Waals surface area contributed by atoms with Gasteiger partial charge in [-0.2, -0.15) is 0 Å². The number of halogens is 2. The largest absolute Gasteiger partial charge is 1.00 e. The highest BCUT2D eigenvalue weighted by atomic mass is 35.5. The first-order chi connectivity index (χ1) is 8.04. The number of likely N-dealkylation sites (N-methyl/N-ethyl adjacent to an activating group) is 1. The van der Waals surface area contributed by atoms with E-state index in [1.165, 1.54) is 5.56 Å². The van der Waals surface area contributed by atoms with Crippen LogP contribution in [-0.2, 0) is 13.0 Å². The van der Waals surface area contributed by atoms with Gasteiger partial charge in [-0.05, 0) is 5.56 Å². The van der Waals surface area contributed by atoms with Gasteiger partial charge in [0.15, 0.2) is 0 Å². The molecular weight excluding hydrogens is 275 g/mol. The number of nitro groups is 1. The highest BCUT2D eigenvalue weighted by Crippen LogP contribution is 2.26. The van der Waals surface area contributed by atoms with E-state index in [1.54, 1.807) is 12.1 Å². The number of fused-ring (bicyclic) bond motifs is 1. The Morgan fingerprint density at radius 1 is 1.44 bits per heavy atom. The molecule has 0 aliphatic carbocycles. The van der Waals surface area contributed by atoms with E-state index in [0.717, 1.165) is 36.1 Å². The monoisotopic (exact) mass is 290 g/mol. The third kappa shape index (κ3) is 3.13. The first-order valence-electron chi connectivity index (χ1n) is 5.70. The van der Waals surface area contributed by atoms with Crippen molar-refractivity contribution in [3.8, 4) is 0 Å². The zero-order valence-corrected chi connectivity index (χ0v) is 11.7. The highest BCUT2D eigenvalue weighted by molar-refractivity contribution is 6.17. The lowest BCUT2D eigenvalue weighted by Crippen LogP contribution is -3.00. The van der Waals surface area contributed by atoms with Crippen LogP contribution in [0.3, 0.4) is 0 Å². The summed E-state index contributed by atoms with van der Waals surface area (Å²) >= 11 is 5.81. The summed E-state index contributed by atoms with van der Waals surface area (Å²) in [7, 11) is 2.16. The van der Waals surface area contributed by atoms with Gasteiger partial charge in [0.1, 0.15) is 6.54 Å². The van der Waals surface area contributed by atoms with Crippen LogP contribution in [0, 0.1) is 10.1 Å². The molecule has 0 bridgehead atoms. The molecule has 0 N–H and O–H groups in total. The van der Waals surface area contributed by atoms with Gasteiger partial charge in [-0.25, -0.2) is 0 Å². The van der Waals surface area contributed by atoms with Gasteiger partial charge in [0.05, 0.1) is 30.9 Å². The summed E-state index contributed by atoms with van der Waals surface area (Å²) in [5.74, 6) is 0.626. The molecule has 100 valence electrons. The molecule has 0 amide bonds. The smallest absolute Gasteiger partial charge is 0.269 e. The van der Waals surface area contributed by atoms with E-state index in [-0.39, 0.29) is 23.0 Å². The third-order valence-corrected chi connectivity index (χ3v) is 3.67. The van der Waals surface area contributed by atoms with Crippen LogP contribution in [0.25, 0.3) is 0 Å². The zero-order valence-electron chi connectivity index (χ0n) is 10.2. The zero-order chi connectivity index (χ0) is 12.5. The van der Waals surface area contributed by atoms with Gasteiger partial charge >= 0.3 is 0 Å². The van der Waals surface area contributed by atoms with Gasteiger partial charge in [0.2, 0.25) is 0 Å². The molecule has 18 heavy (non-hydrogen) atoms. The maximum atomic E-state index is 10.8. The predicted molar refractivity (Wildman–Crippen MR) is 67.1 cm³/mol. The minimum Gasteiger partial charge on any atom is -1.00 e. The van der Waals surface area contributed by atoms with Gasteiger partial charge in [0.25, 0.3) is 5.69 Å². The standard InChI is InChI=1S/C12H16ClN2O2.ClH/c1-15(7-5-13)6-4-10-2-3-12(14(16)17)8-11(10)9-15;/h2-3,8H,4-7,9H2,1H3;1H/q+1;/p-1. The number of rotatable bonds is 3. The van der Waals surface area contributed by atoms with Crippen molar-refractivity contribution in [1.29, 1.82) is 0 Å². The van der Waals surface area contributed by atoms with E-state index in [2.05, 4.69) is 7.05 Å². The maximum absolute atomic E-state index is 10.8. The summed E-state index contributed by atoms with van der Waals surface area (Å²) in [5, 5.41) is 10.8. The number of non-ortho nitro benzene ring substituents is 1. The Morgan fingerprint density at radius 2 is 2.17 bits per heavy atom. The summed E-state index contributed by atoms with van der Waals surface area (Å²) in [5.41, 5.74) is 2.52. The lowest BCUT2D eigenvalue weighted by atomic mass is 9.97. The van der Waals surface area contributed by atoms with Gasteiger partial charge < -0.3 is 16.9 Å². The molecule has 4 nitrogen and oxygen atoms in total. The molecule has 0 radical (unpaired) electrons. The van der Waals surface area contributed by atoms with Crippen LogP contribution in [0.15, 0.2) is 18.2 Å². The van der Waals surface area contributed by atoms with Crippen LogP contribution in [-0.4, -0.2) is 35.4 Å². The second-order valence-electron chi connectivity index (χ2n) is 4.87. The Balaban J connectivity index is 0.00000162. The van der Waals surface area contributed by atoms with Crippen molar-refractivity contribution in [2.24, 2.45) is 0 Å². The third-order valence-electron chi connectivity index (χ3n) is 3.50. The molecule has 1 heterocycles. The van der Waals surface area contributed by atoms with E-state index < -0.39 is 0 Å². The predicted octanol–water partition coefficient (Wildman–Crippen LogP) is -0.660. The molecule has 1 aromatic carbocycles. The Labute approximate surface area is 118 Å². The number of hydrogen-bond acceptors (Lipinski definition) is 2. The summed E-state index contributed by atoms with van der Waals surface area (Å²) in [6.07, 6.45) is 0.973. The average molecular weight is 291 g/mol. The Kier molecular flexibility index (Phi) is 4.96. The number of benzene rings is 1. The molecule has 0 aromatic heterocycles. The van der Waals surface area contributed by atoms with Gasteiger partial charge in [-0.1, -0.05) is 6.07 Å². The van der Waals surface area contributed by atoms with Crippen molar-refractivity contribution in [3.05, 3.63) is 39.4 Å². The fourth-order valence-electron chi connectivity index (χ4n) is 2.39. The Bertz CT molecular complexity index is 454. The number of quaternary nitrogens is 1. The quantitative estimate of drug-likeness (QED) is 0.321. The molecule has 6 heteroatoms. The molecule has 0 spiro atoms. The number of nitrogens with zero attached hydrogens (tertiary/aromatic N) is 2. The minimum absolute atomic E-state index is 0. The first kappa shape index (κ1) is 15.2. The highest BCUT2D eigenvalue weighted by Gasteiger charge is 2.28. The van der Waals surface area contributed by atoms with Gasteiger partial charge in [-0.15, -0.1) is 11.6 Å². The van der Waals surface area contributed by atoms with Gasteiger partial charge in [-0.3, -0.25) is 10.1 Å². The molecule has 1 aromatic rings. The molecule has 0 saturated carbocycles. The molecule has 1 atom stereocenters. The van der Waals surface area contributed by atoms with E-state index in [1.807, 2.05) is 6.07 Å². The van der Waals surface area contributed by atoms with Crippen molar-refractivity contribution in [2.45, 2.75) is 13.0 Å². The molecular formula is C12H16Cl2N2O2. The van der Waals surface area contributed by atoms with Crippen molar-refractivity contribution in [2.75, 3.05) is 26.0 Å². The molecule has 1 aliphatic rings. The molecule has 2 rings (SSSR count). The van der Waals surface area contributed by atoms with Crippen molar-refractivity contribution in [3.63, 3.8) is 0 Å². The topological polar surface area (TPSA) is 43.1 Å². The maximum Gasteiger partial charge on any atom is 0.269 e. The van der Waals surface area contributed by atoms with E-state index in [9.17, 15) is 10.1 Å². The van der Waals surface area contributed by atoms with Crippen molar-refractivity contribution in [1.82, 2.24) is 0 Å². The summed E-state index contributed by atoms with van der Waals surface area (Å²) in [6.45, 7) is 2.80. The molecule has 0 saturated heterocycles. The van der Waals surface area contributed by atoms with Crippen LogP contribution >= 0.6 is 11.6 Å². The number of hydrogen-bond donors (Lipinski definition) is 0. The van der Waals surface area contributed by atoms with Crippen LogP contribution in [0.2, 0.25) is 0 Å². The van der Waals surface area contributed by atoms with Crippen LogP contribution in [0.4, 0.5) is 5.69 Å². The summed E-state index contributed by atoms with van der Waals surface area (Å²) < 4.78 is 0.873. The summed E-state index contributed by atoms with van der Waals surface area (Å²) in [6, 6.07) is 5.19. The summed E-state index contributed by atoms with van der Waals surface area (Å²) in [4.78, 5) is 10.4. The average Bonchev–Trinajstić information content (AvgIpc) is 2.27. The Hall–Kier alpha value is -0.840. The SMILES string of the molecule is C[N+]1(CCCl)CCc2ccc([N+](=O)[O-])cc2C1.[Cl-]. The van der Waals surface area contributed by atoms with Crippen LogP contribution in [0.1, 0.15) is 11.1 Å². The second-order valence-corrected chi connectivity index (χ2v) is 5.25. The number of alkyl halides is 1. The van der Waals surface area contributed by atoms with Gasteiger partial charge in [0, 0.05) is 24.1 Å². The minimum atomic E-state index is -0.333. The van der Waals surface area contributed by atoms with Crippen LogP contribution in [0.5, 0.6) is 0 Å². The Morgan fingerprint density at radius 3 is 2.78 bits per heavy atom. The van der Waals surface area contributed by atoms with E-state index in [4.69, 9.17) is 11.6 Å². The van der Waals surface area contributed by atoms with Crippen LogP contribution < -0.4 is 12.4 Å². The lowest BCUT2D eigenvalue weighted by molar-refractivity contribution is -0.922. The van der Waals surface area contributed by atoms with E-state index in [0.29, 0.717) is 5.88 Å². The molecule has 1 unspecified atom stereocenters. The second kappa shape index (κ2) is 5.87. The fraction of sp³-hybridized carbons (Fsp3) is 0.500. The lowest BCUT2D eigenvalue weighted by Gasteiger charge is -2.38. The van der Waals surface area contributed by atoms with E-state index >= 15 is 0 Å². The fourth-order valence-corrected chi connectivity index (χ4v) is 2.80. The molecule has 1 aliphatic heterocycles. The van der Waals surface area contributed by atoms with Crippen molar-refractivity contribution < 1.29 is 21.8 Å². The molecule has 0 fully saturated rings. The first-order valence-corrected chi connectivity index (χ1v) is 6.23. The normalized spacial score (nSPS) is 21.9.